The van der Waals surface area contributed by atoms with Crippen LogP contribution in [0.4, 0.5) is 24.5 Å². The smallest absolute Gasteiger partial charge is 0.324 e. The number of anilines is 2. The number of hydrogen-bond acceptors (Lipinski definition) is 6. The number of amides is 3. The molecule has 2 aliphatic rings. The maximum Gasteiger partial charge on any atom is 0.416 e. The molecule has 0 saturated carbocycles. The number of thioether (sulfide) groups is 1. The molecular weight excluding hydrogens is 539 g/mol. The van der Waals surface area contributed by atoms with Crippen molar-refractivity contribution in [2.45, 2.75) is 49.2 Å². The van der Waals surface area contributed by atoms with Gasteiger partial charge in [0.1, 0.15) is 11.8 Å². The largest absolute Gasteiger partial charge is 0.416 e. The second-order valence-electron chi connectivity index (χ2n) is 9.75. The summed E-state index contributed by atoms with van der Waals surface area (Å²) in [5.74, 6) is -2.60. The van der Waals surface area contributed by atoms with Crippen LogP contribution in [0.25, 0.3) is 0 Å². The van der Waals surface area contributed by atoms with E-state index in [2.05, 4.69) is 5.32 Å². The van der Waals surface area contributed by atoms with E-state index in [1.807, 2.05) is 19.1 Å². The Bertz CT molecular complexity index is 1540. The van der Waals surface area contributed by atoms with Crippen LogP contribution in [0.5, 0.6) is 0 Å². The van der Waals surface area contributed by atoms with Gasteiger partial charge < -0.3 is 5.32 Å². The zero-order valence-electron chi connectivity index (χ0n) is 20.5. The Morgan fingerprint density at radius 3 is 2.45 bits per heavy atom. The van der Waals surface area contributed by atoms with Gasteiger partial charge in [-0.1, -0.05) is 61.2 Å². The first-order valence-corrected chi connectivity index (χ1v) is 13.3. The quantitative estimate of drug-likeness (QED) is 0.462. The number of nitrogens with one attached hydrogen (secondary N) is 1. The number of benzene rings is 2. The molecule has 5 rings (SSSR count). The maximum atomic E-state index is 13.5. The van der Waals surface area contributed by atoms with Gasteiger partial charge in [0.15, 0.2) is 0 Å². The molecule has 3 amide bonds. The number of rotatable bonds is 4. The number of aryl methyl sites for hydroxylation is 1. The highest BCUT2D eigenvalue weighted by molar-refractivity contribution is 8.00. The lowest BCUT2D eigenvalue weighted by atomic mass is 9.76. The Kier molecular flexibility index (Phi) is 6.30. The van der Waals surface area contributed by atoms with E-state index in [4.69, 9.17) is 0 Å². The second kappa shape index (κ2) is 9.12. The van der Waals surface area contributed by atoms with E-state index >= 15 is 0 Å². The lowest BCUT2D eigenvalue weighted by Gasteiger charge is -2.36. The van der Waals surface area contributed by atoms with Gasteiger partial charge >= 0.3 is 11.0 Å². The highest BCUT2D eigenvalue weighted by Gasteiger charge is 2.59. The molecule has 2 atom stereocenters. The number of fused-ring (bicyclic) bond motifs is 2. The standard InChI is InChI=1S/C26H22F3N3O4S2/c1-13-7-4-5-10-16(13)30-17(33)12-31-23-20(38-24(31)36)25(2,3)18-19(37-23)22(35)32(21(18)34)15-9-6-8-14(11-15)26(27,28)29/h4-11,18-19H,12H2,1-3H3,(H,30,33)/t18-,19+/m1/s1. The molecule has 1 N–H and O–H groups in total. The monoisotopic (exact) mass is 561 g/mol. The first-order chi connectivity index (χ1) is 17.8. The number of carbonyl (C=O) groups is 3. The molecule has 0 bridgehead atoms. The van der Waals surface area contributed by atoms with Crippen LogP contribution in [-0.4, -0.2) is 27.5 Å². The SMILES string of the molecule is Cc1ccccc1NC(=O)Cn1c2c(sc1=O)C(C)(C)[C@H]1C(=O)N(c3cccc(C(F)(F)F)c3)C(=O)[C@H]1S2. The van der Waals surface area contributed by atoms with Crippen LogP contribution in [0.15, 0.2) is 58.4 Å². The number of para-hydroxylation sites is 1. The molecule has 1 saturated heterocycles. The van der Waals surface area contributed by atoms with Crippen molar-refractivity contribution in [1.82, 2.24) is 4.57 Å². The zero-order chi connectivity index (χ0) is 27.6. The molecular formula is C26H22F3N3O4S2. The summed E-state index contributed by atoms with van der Waals surface area (Å²) >= 11 is 1.91. The fraction of sp³-hybridized carbons (Fsp3) is 0.308. The first-order valence-electron chi connectivity index (χ1n) is 11.6. The molecule has 3 aromatic rings. The summed E-state index contributed by atoms with van der Waals surface area (Å²) < 4.78 is 41.2. The minimum Gasteiger partial charge on any atom is -0.324 e. The number of aromatic nitrogens is 1. The predicted octanol–water partition coefficient (Wildman–Crippen LogP) is 4.82. The molecule has 0 radical (unpaired) electrons. The zero-order valence-corrected chi connectivity index (χ0v) is 22.1. The summed E-state index contributed by atoms with van der Waals surface area (Å²) in [5.41, 5.74) is -0.640. The maximum absolute atomic E-state index is 13.5. The van der Waals surface area contributed by atoms with Gasteiger partial charge in [0.2, 0.25) is 17.7 Å². The number of alkyl halides is 3. The number of nitrogens with zero attached hydrogens (tertiary/aromatic N) is 2. The number of hydrogen-bond donors (Lipinski definition) is 1. The molecule has 0 unspecified atom stereocenters. The Hall–Kier alpha value is -3.38. The average molecular weight is 562 g/mol. The van der Waals surface area contributed by atoms with Gasteiger partial charge in [-0.2, -0.15) is 13.2 Å². The van der Waals surface area contributed by atoms with Crippen LogP contribution in [-0.2, 0) is 32.5 Å². The summed E-state index contributed by atoms with van der Waals surface area (Å²) in [7, 11) is 0. The highest BCUT2D eigenvalue weighted by atomic mass is 32.2. The van der Waals surface area contributed by atoms with Gasteiger partial charge in [-0.25, -0.2) is 4.90 Å². The van der Waals surface area contributed by atoms with E-state index < -0.39 is 50.9 Å². The lowest BCUT2D eigenvalue weighted by molar-refractivity contribution is -0.137. The Morgan fingerprint density at radius 1 is 1.05 bits per heavy atom. The van der Waals surface area contributed by atoms with Gasteiger partial charge in [0.05, 0.1) is 22.2 Å². The first kappa shape index (κ1) is 26.2. The van der Waals surface area contributed by atoms with Crippen molar-refractivity contribution >= 4 is 52.2 Å². The average Bonchev–Trinajstić information content (AvgIpc) is 3.29. The summed E-state index contributed by atoms with van der Waals surface area (Å²) in [6.07, 6.45) is -4.64. The minimum absolute atomic E-state index is 0.154. The molecule has 12 heteroatoms. The number of imide groups is 1. The molecule has 2 aromatic carbocycles. The van der Waals surface area contributed by atoms with E-state index in [1.165, 1.54) is 10.6 Å². The van der Waals surface area contributed by atoms with Gasteiger partial charge in [-0.15, -0.1) is 0 Å². The van der Waals surface area contributed by atoms with Crippen LogP contribution < -0.4 is 15.1 Å². The Balaban J connectivity index is 1.48. The highest BCUT2D eigenvalue weighted by Crippen LogP contribution is 2.54. The molecule has 2 aliphatic heterocycles. The van der Waals surface area contributed by atoms with E-state index in [9.17, 15) is 32.3 Å². The Labute approximate surface area is 223 Å². The molecule has 7 nitrogen and oxygen atoms in total. The summed E-state index contributed by atoms with van der Waals surface area (Å²) in [4.78, 5) is 53.7. The van der Waals surface area contributed by atoms with Crippen LogP contribution in [0, 0.1) is 12.8 Å². The number of carbonyl (C=O) groups excluding carboxylic acids is 3. The number of thiazole rings is 1. The fourth-order valence-corrected chi connectivity index (χ4v) is 7.93. The number of halogens is 3. The van der Waals surface area contributed by atoms with E-state index in [-0.39, 0.29) is 12.2 Å². The molecule has 1 aromatic heterocycles. The molecule has 0 spiro atoms. The van der Waals surface area contributed by atoms with Crippen molar-refractivity contribution < 1.29 is 27.6 Å². The van der Waals surface area contributed by atoms with Crippen LogP contribution in [0.1, 0.15) is 29.9 Å². The lowest BCUT2D eigenvalue weighted by Crippen LogP contribution is -2.42. The van der Waals surface area contributed by atoms with Crippen molar-refractivity contribution in [3.8, 4) is 0 Å². The van der Waals surface area contributed by atoms with Crippen LogP contribution >= 0.6 is 23.1 Å². The van der Waals surface area contributed by atoms with E-state index in [1.54, 1.807) is 26.0 Å². The molecule has 198 valence electrons. The molecule has 0 aliphatic carbocycles. The third kappa shape index (κ3) is 4.25. The van der Waals surface area contributed by atoms with Crippen LogP contribution in [0.3, 0.4) is 0 Å². The molecule has 1 fully saturated rings. The molecule has 3 heterocycles. The van der Waals surface area contributed by atoms with Crippen molar-refractivity contribution in [2.75, 3.05) is 10.2 Å². The summed E-state index contributed by atoms with van der Waals surface area (Å²) in [5, 5.41) is 2.24. The van der Waals surface area contributed by atoms with Gasteiger partial charge in [-0.3, -0.25) is 23.7 Å². The predicted molar refractivity (Wildman–Crippen MR) is 138 cm³/mol. The van der Waals surface area contributed by atoms with E-state index in [0.29, 0.717) is 15.6 Å². The van der Waals surface area contributed by atoms with Crippen molar-refractivity contribution in [1.29, 1.82) is 0 Å². The summed E-state index contributed by atoms with van der Waals surface area (Å²) in [6.45, 7) is 5.01. The van der Waals surface area contributed by atoms with Crippen molar-refractivity contribution in [3.63, 3.8) is 0 Å². The summed E-state index contributed by atoms with van der Waals surface area (Å²) in [6, 6.07) is 11.3. The van der Waals surface area contributed by atoms with Crippen molar-refractivity contribution in [3.05, 3.63) is 74.2 Å². The van der Waals surface area contributed by atoms with Gasteiger partial charge in [0, 0.05) is 16.0 Å². The fourth-order valence-electron chi connectivity index (χ4n) is 4.89. The third-order valence-electron chi connectivity index (χ3n) is 6.86. The van der Waals surface area contributed by atoms with E-state index in [0.717, 1.165) is 51.8 Å². The van der Waals surface area contributed by atoms with Crippen molar-refractivity contribution in [2.24, 2.45) is 5.92 Å². The van der Waals surface area contributed by atoms with Crippen LogP contribution in [0.2, 0.25) is 0 Å². The molecule has 38 heavy (non-hydrogen) atoms. The van der Waals surface area contributed by atoms with Gasteiger partial charge in [0.25, 0.3) is 0 Å². The second-order valence-corrected chi connectivity index (χ2v) is 11.8. The Morgan fingerprint density at radius 2 is 1.76 bits per heavy atom. The van der Waals surface area contributed by atoms with Gasteiger partial charge in [-0.05, 0) is 36.8 Å². The normalized spacial score (nSPS) is 20.3. The topological polar surface area (TPSA) is 88.5 Å². The minimum atomic E-state index is -4.64. The third-order valence-corrected chi connectivity index (χ3v) is 9.68.